The van der Waals surface area contributed by atoms with E-state index in [9.17, 15) is 9.59 Å². The summed E-state index contributed by atoms with van der Waals surface area (Å²) in [5, 5.41) is 10.5. The molecule has 0 aliphatic carbocycles. The van der Waals surface area contributed by atoms with Crippen molar-refractivity contribution in [1.82, 2.24) is 10.3 Å². The molecule has 142 valence electrons. The van der Waals surface area contributed by atoms with Crippen LogP contribution in [0.3, 0.4) is 0 Å². The lowest BCUT2D eigenvalue weighted by atomic mass is 10.1. The van der Waals surface area contributed by atoms with E-state index in [1.165, 1.54) is 16.8 Å². The summed E-state index contributed by atoms with van der Waals surface area (Å²) in [5.74, 6) is 0.870. The number of ether oxygens (including phenoxy) is 1. The number of Topliss-reactive ketones (excluding diaryl/α,β-unsaturated/α-hetero) is 1. The number of hydrazone groups is 1. The van der Waals surface area contributed by atoms with Crippen LogP contribution in [0.15, 0.2) is 58.6 Å². The van der Waals surface area contributed by atoms with Gasteiger partial charge in [0.2, 0.25) is 11.9 Å². The lowest BCUT2D eigenvalue weighted by Crippen LogP contribution is -2.54. The van der Waals surface area contributed by atoms with Gasteiger partial charge in [0.05, 0.1) is 12.5 Å². The van der Waals surface area contributed by atoms with Gasteiger partial charge in [0, 0.05) is 10.8 Å². The Morgan fingerprint density at radius 1 is 1.21 bits per heavy atom. The molecule has 2 heterocycles. The van der Waals surface area contributed by atoms with E-state index in [-0.39, 0.29) is 11.7 Å². The van der Waals surface area contributed by atoms with Gasteiger partial charge in [0.15, 0.2) is 5.17 Å². The van der Waals surface area contributed by atoms with Gasteiger partial charge in [-0.2, -0.15) is 0 Å². The zero-order valence-corrected chi connectivity index (χ0v) is 16.2. The van der Waals surface area contributed by atoms with Crippen molar-refractivity contribution in [3.05, 3.63) is 64.7 Å². The number of amidine groups is 1. The number of fused-ring (bicyclic) bond motifs is 2. The van der Waals surface area contributed by atoms with Crippen LogP contribution in [0.2, 0.25) is 0 Å². The van der Waals surface area contributed by atoms with Crippen molar-refractivity contribution >= 4 is 34.3 Å². The second kappa shape index (κ2) is 7.47. The van der Waals surface area contributed by atoms with Crippen LogP contribution in [0, 0.1) is 0 Å². The molecule has 0 saturated heterocycles. The first-order chi connectivity index (χ1) is 13.6. The average Bonchev–Trinajstić information content (AvgIpc) is 2.72. The number of hydrogen-bond donors (Lipinski definition) is 1. The number of para-hydroxylation sites is 1. The maximum Gasteiger partial charge on any atom is 0.276 e. The number of thioether (sulfide) groups is 1. The Labute approximate surface area is 165 Å². The van der Waals surface area contributed by atoms with Crippen LogP contribution in [-0.2, 0) is 4.79 Å². The topological polar surface area (TPSA) is 83.4 Å². The molecule has 0 spiro atoms. The number of nitrogens with one attached hydrogen (secondary N) is 1. The molecule has 2 aromatic carbocycles. The Hall–Kier alpha value is -3.13. The first-order valence-corrected chi connectivity index (χ1v) is 9.78. The minimum Gasteiger partial charge on any atom is -0.497 e. The highest BCUT2D eigenvalue weighted by molar-refractivity contribution is 8.13. The molecule has 0 aromatic heterocycles. The van der Waals surface area contributed by atoms with Gasteiger partial charge in [-0.25, -0.2) is 10.0 Å². The van der Waals surface area contributed by atoms with Gasteiger partial charge in [-0.15, -0.1) is 5.10 Å². The van der Waals surface area contributed by atoms with Crippen LogP contribution in [0.5, 0.6) is 5.75 Å². The second-order valence-electron chi connectivity index (χ2n) is 6.10. The van der Waals surface area contributed by atoms with Crippen LogP contribution in [0.4, 0.5) is 0 Å². The third-order valence-corrected chi connectivity index (χ3v) is 5.15. The van der Waals surface area contributed by atoms with E-state index in [1.807, 2.05) is 25.1 Å². The number of amides is 1. The van der Waals surface area contributed by atoms with E-state index < -0.39 is 6.17 Å². The lowest BCUT2D eigenvalue weighted by molar-refractivity contribution is -0.115. The van der Waals surface area contributed by atoms with E-state index in [1.54, 1.807) is 37.4 Å². The maximum atomic E-state index is 13.2. The molecular weight excluding hydrogens is 376 g/mol. The van der Waals surface area contributed by atoms with E-state index in [0.717, 1.165) is 5.75 Å². The summed E-state index contributed by atoms with van der Waals surface area (Å²) in [6.45, 7) is 1.97. The molecule has 1 N–H and O–H groups in total. The van der Waals surface area contributed by atoms with Crippen molar-refractivity contribution in [2.24, 2.45) is 10.1 Å². The Morgan fingerprint density at radius 3 is 2.68 bits per heavy atom. The van der Waals surface area contributed by atoms with Crippen LogP contribution >= 0.6 is 11.8 Å². The molecule has 8 heteroatoms. The summed E-state index contributed by atoms with van der Waals surface area (Å²) in [6, 6.07) is 14.1. The van der Waals surface area contributed by atoms with Gasteiger partial charge in [-0.3, -0.25) is 14.9 Å². The molecule has 0 fully saturated rings. The lowest BCUT2D eigenvalue weighted by Gasteiger charge is -2.33. The van der Waals surface area contributed by atoms with Crippen molar-refractivity contribution in [1.29, 1.82) is 0 Å². The highest BCUT2D eigenvalue weighted by atomic mass is 32.2. The van der Waals surface area contributed by atoms with Crippen molar-refractivity contribution < 1.29 is 14.3 Å². The van der Waals surface area contributed by atoms with Gasteiger partial charge in [-0.1, -0.05) is 36.9 Å². The molecule has 2 aliphatic rings. The minimum atomic E-state index is -0.947. The first-order valence-electron chi connectivity index (χ1n) is 8.80. The highest BCUT2D eigenvalue weighted by Crippen LogP contribution is 2.23. The summed E-state index contributed by atoms with van der Waals surface area (Å²) in [7, 11) is 1.57. The number of carbonyl (C=O) groups excluding carboxylic acids is 2. The van der Waals surface area contributed by atoms with Crippen LogP contribution in [0.1, 0.15) is 17.3 Å². The van der Waals surface area contributed by atoms with Gasteiger partial charge in [0.1, 0.15) is 11.4 Å². The largest absolute Gasteiger partial charge is 0.497 e. The number of ketones is 1. The number of methoxy groups -OCH3 is 1. The molecule has 0 radical (unpaired) electrons. The molecule has 28 heavy (non-hydrogen) atoms. The summed E-state index contributed by atoms with van der Waals surface area (Å²) >= 11 is 1.40. The number of nitrogens with zero attached hydrogens (tertiary/aromatic N) is 3. The first kappa shape index (κ1) is 18.2. The van der Waals surface area contributed by atoms with Gasteiger partial charge in [0.25, 0.3) is 5.91 Å². The number of hydrogen-bond acceptors (Lipinski definition) is 7. The molecule has 1 amide bonds. The predicted octanol–water partition coefficient (Wildman–Crippen LogP) is 1.10. The molecular formula is C20H18N4O3S. The minimum absolute atomic E-state index is 0.242. The third kappa shape index (κ3) is 3.16. The monoisotopic (exact) mass is 394 g/mol. The standard InChI is InChI=1S/C20H18N4O3S/c1-3-28-20-22-19(26)16-14-6-4-5-7-15(14)21-18(24(16)23-20)17(25)12-8-10-13(27-2)11-9-12/h4-11,18H,3H2,1-2H3,(H,22,23,26). The zero-order valence-electron chi connectivity index (χ0n) is 15.4. The van der Waals surface area contributed by atoms with Crippen LogP contribution < -0.4 is 20.6 Å². The Morgan fingerprint density at radius 2 is 1.96 bits per heavy atom. The predicted molar refractivity (Wildman–Crippen MR) is 107 cm³/mol. The zero-order chi connectivity index (χ0) is 19.7. The smallest absolute Gasteiger partial charge is 0.276 e. The Bertz CT molecular complexity index is 1100. The van der Waals surface area contributed by atoms with Gasteiger partial charge < -0.3 is 4.74 Å². The van der Waals surface area contributed by atoms with Crippen molar-refractivity contribution in [2.75, 3.05) is 12.9 Å². The number of carbonyl (C=O) groups is 2. The fourth-order valence-corrected chi connectivity index (χ4v) is 3.69. The van der Waals surface area contributed by atoms with Gasteiger partial charge >= 0.3 is 0 Å². The van der Waals surface area contributed by atoms with E-state index in [0.29, 0.717) is 32.8 Å². The summed E-state index contributed by atoms with van der Waals surface area (Å²) in [4.78, 5) is 30.7. The molecule has 1 atom stereocenters. The maximum absolute atomic E-state index is 13.2. The molecule has 4 rings (SSSR count). The highest BCUT2D eigenvalue weighted by Gasteiger charge is 2.37. The fourth-order valence-electron chi connectivity index (χ4n) is 3.10. The van der Waals surface area contributed by atoms with E-state index >= 15 is 0 Å². The van der Waals surface area contributed by atoms with Crippen molar-refractivity contribution in [3.8, 4) is 5.75 Å². The van der Waals surface area contributed by atoms with E-state index in [2.05, 4.69) is 15.4 Å². The Balaban J connectivity index is 1.84. The second-order valence-corrected chi connectivity index (χ2v) is 7.35. The van der Waals surface area contributed by atoms with Crippen molar-refractivity contribution in [3.63, 3.8) is 0 Å². The fraction of sp³-hybridized carbons (Fsp3) is 0.200. The molecule has 2 aromatic rings. The molecule has 2 aliphatic heterocycles. The third-order valence-electron chi connectivity index (χ3n) is 4.41. The summed E-state index contributed by atoms with van der Waals surface area (Å²) in [6.07, 6.45) is -0.947. The quantitative estimate of drug-likeness (QED) is 0.786. The van der Waals surface area contributed by atoms with Gasteiger partial charge in [-0.05, 0) is 36.1 Å². The number of benzene rings is 2. The van der Waals surface area contributed by atoms with Crippen LogP contribution in [-0.4, -0.2) is 40.9 Å². The Kier molecular flexibility index (Phi) is 4.87. The van der Waals surface area contributed by atoms with E-state index in [4.69, 9.17) is 4.74 Å². The van der Waals surface area contributed by atoms with Crippen molar-refractivity contribution in [2.45, 2.75) is 13.1 Å². The number of rotatable bonds is 4. The SMILES string of the molecule is CCSC1=NN2C(=c3ccccc3=NC2C(=O)c2ccc(OC)cc2)C(=O)N1. The average molecular weight is 394 g/mol. The molecule has 7 nitrogen and oxygen atoms in total. The summed E-state index contributed by atoms with van der Waals surface area (Å²) < 4.78 is 5.15. The molecule has 0 saturated carbocycles. The normalized spacial score (nSPS) is 17.7. The molecule has 0 bridgehead atoms. The molecule has 1 unspecified atom stereocenters. The van der Waals surface area contributed by atoms with Crippen LogP contribution in [0.25, 0.3) is 5.70 Å². The summed E-state index contributed by atoms with van der Waals surface area (Å²) in [5.41, 5.74) is 0.803.